The van der Waals surface area contributed by atoms with Crippen LogP contribution in [-0.2, 0) is 0 Å². The predicted molar refractivity (Wildman–Crippen MR) is 75.8 cm³/mol. The molecule has 0 atom stereocenters. The first-order valence-corrected chi connectivity index (χ1v) is 10.6. The van der Waals surface area contributed by atoms with Crippen LogP contribution in [0.5, 0.6) is 0 Å². The third kappa shape index (κ3) is 2.81. The van der Waals surface area contributed by atoms with Gasteiger partial charge in [0, 0.05) is 0 Å². The summed E-state index contributed by atoms with van der Waals surface area (Å²) < 4.78 is 8.66. The van der Waals surface area contributed by atoms with Crippen LogP contribution < -0.4 is 0 Å². The van der Waals surface area contributed by atoms with Crippen LogP contribution in [0, 0.1) is 0 Å². The van der Waals surface area contributed by atoms with E-state index in [1.54, 1.807) is 0 Å². The van der Waals surface area contributed by atoms with Crippen molar-refractivity contribution in [3.05, 3.63) is 0 Å². The minimum atomic E-state index is -2.28. The summed E-state index contributed by atoms with van der Waals surface area (Å²) in [4.78, 5) is 0. The van der Waals surface area contributed by atoms with Crippen molar-refractivity contribution in [2.24, 2.45) is 0 Å². The fourth-order valence-electron chi connectivity index (χ4n) is 2.89. The second-order valence-corrected chi connectivity index (χ2v) is 15.0. The van der Waals surface area contributed by atoms with Crippen LogP contribution in [0.15, 0.2) is 0 Å². The summed E-state index contributed by atoms with van der Waals surface area (Å²) in [5.74, 6) is 0. The molecule has 0 radical (unpaired) electrons. The summed E-state index contributed by atoms with van der Waals surface area (Å²) in [6, 6.07) is 0. The molecule has 0 aliphatic rings. The van der Waals surface area contributed by atoms with E-state index in [0.29, 0.717) is 0 Å². The molecule has 0 spiro atoms. The monoisotopic (exact) mass is 291 g/mol. The van der Waals surface area contributed by atoms with E-state index in [0.717, 1.165) is 24.4 Å². The topological polar surface area (TPSA) is 9.72 Å². The van der Waals surface area contributed by atoms with Gasteiger partial charge in [0.05, 0.1) is 0 Å². The Bertz CT molecular complexity index is 170. The molecule has 0 fully saturated rings. The van der Waals surface area contributed by atoms with E-state index in [1.807, 2.05) is 0 Å². The summed E-state index contributed by atoms with van der Waals surface area (Å²) >= 11 is -2.28. The van der Waals surface area contributed by atoms with Crippen molar-refractivity contribution in [3.63, 3.8) is 0 Å². The number of hydrogen-bond donors (Lipinski definition) is 0. The molecule has 0 saturated carbocycles. The fourth-order valence-corrected chi connectivity index (χ4v) is 15.0. The second-order valence-electron chi connectivity index (χ2n) is 4.88. The maximum absolute atomic E-state index is 2.64. The van der Waals surface area contributed by atoms with Gasteiger partial charge in [0.25, 0.3) is 0 Å². The van der Waals surface area contributed by atoms with Crippen molar-refractivity contribution in [2.75, 3.05) is 40.8 Å². The van der Waals surface area contributed by atoms with Gasteiger partial charge in [0.2, 0.25) is 0 Å². The summed E-state index contributed by atoms with van der Waals surface area (Å²) in [6.07, 6.45) is 0. The third-order valence-corrected chi connectivity index (χ3v) is 16.2. The van der Waals surface area contributed by atoms with E-state index in [1.165, 1.54) is 0 Å². The standard InChI is InChI=1S/C12H31GeN3/c1-9-14(6)13(12(4)5,15(7)10-2)16(8)11-3/h12H,9-11H2,1-8H3. The Balaban J connectivity index is 5.38. The molecule has 0 heterocycles. The van der Waals surface area contributed by atoms with Gasteiger partial charge in [-0.1, -0.05) is 0 Å². The third-order valence-electron chi connectivity index (χ3n) is 3.88. The van der Waals surface area contributed by atoms with Crippen LogP contribution in [-0.4, -0.2) is 66.3 Å². The van der Waals surface area contributed by atoms with Gasteiger partial charge in [-0.2, -0.15) is 0 Å². The first-order valence-electron chi connectivity index (χ1n) is 6.53. The zero-order valence-corrected chi connectivity index (χ0v) is 14.6. The van der Waals surface area contributed by atoms with Gasteiger partial charge in [-0.05, 0) is 0 Å². The molecular formula is C12H31GeN3. The van der Waals surface area contributed by atoms with Crippen molar-refractivity contribution in [1.82, 2.24) is 11.6 Å². The number of nitrogens with zero attached hydrogens (tertiary/aromatic N) is 3. The first-order chi connectivity index (χ1) is 7.39. The summed E-state index contributed by atoms with van der Waals surface area (Å²) in [7, 11) is 6.91. The molecule has 0 aliphatic carbocycles. The molecule has 0 unspecified atom stereocenters. The average Bonchev–Trinajstić information content (AvgIpc) is 2.28. The van der Waals surface area contributed by atoms with Crippen LogP contribution in [0.2, 0.25) is 4.75 Å². The zero-order chi connectivity index (χ0) is 12.9. The van der Waals surface area contributed by atoms with Gasteiger partial charge in [-0.15, -0.1) is 0 Å². The quantitative estimate of drug-likeness (QED) is 0.665. The Morgan fingerprint density at radius 1 is 0.750 bits per heavy atom. The molecule has 16 heavy (non-hydrogen) atoms. The molecule has 4 heteroatoms. The van der Waals surface area contributed by atoms with E-state index >= 15 is 0 Å². The molecule has 0 N–H and O–H groups in total. The van der Waals surface area contributed by atoms with Crippen molar-refractivity contribution >= 4 is 13.9 Å². The van der Waals surface area contributed by atoms with Gasteiger partial charge in [0.15, 0.2) is 0 Å². The van der Waals surface area contributed by atoms with Crippen LogP contribution in [0.25, 0.3) is 0 Å². The average molecular weight is 290 g/mol. The van der Waals surface area contributed by atoms with Crippen LogP contribution in [0.3, 0.4) is 0 Å². The van der Waals surface area contributed by atoms with Crippen LogP contribution in [0.1, 0.15) is 34.6 Å². The van der Waals surface area contributed by atoms with Crippen molar-refractivity contribution in [1.29, 1.82) is 0 Å². The summed E-state index contributed by atoms with van der Waals surface area (Å²) in [5.41, 5.74) is 0. The Morgan fingerprint density at radius 3 is 1.12 bits per heavy atom. The number of hydrogen-bond acceptors (Lipinski definition) is 3. The van der Waals surface area contributed by atoms with Gasteiger partial charge in [-0.3, -0.25) is 0 Å². The first kappa shape index (κ1) is 16.4. The molecule has 0 aromatic rings. The Hall–Kier alpha value is 0.423. The van der Waals surface area contributed by atoms with Crippen LogP contribution in [0.4, 0.5) is 0 Å². The SMILES string of the molecule is CC[N](C)[Ge]([CH](C)C)([N](C)CC)[N](C)CC. The van der Waals surface area contributed by atoms with Crippen LogP contribution >= 0.6 is 0 Å². The Labute approximate surface area is 106 Å². The molecule has 98 valence electrons. The Morgan fingerprint density at radius 2 is 1.00 bits per heavy atom. The second kappa shape index (κ2) is 6.99. The van der Waals surface area contributed by atoms with E-state index in [9.17, 15) is 0 Å². The normalized spacial score (nSPS) is 13.5. The Kier molecular flexibility index (Phi) is 7.18. The van der Waals surface area contributed by atoms with E-state index < -0.39 is 13.9 Å². The number of rotatable bonds is 7. The summed E-state index contributed by atoms with van der Waals surface area (Å²) in [5, 5.41) is 0. The minimum absolute atomic E-state index is 0.750. The van der Waals surface area contributed by atoms with Gasteiger partial charge >= 0.3 is 106 Å². The predicted octanol–water partition coefficient (Wildman–Crippen LogP) is 2.19. The molecule has 0 saturated heterocycles. The molecular weight excluding hydrogens is 259 g/mol. The van der Waals surface area contributed by atoms with Gasteiger partial charge in [0.1, 0.15) is 0 Å². The molecule has 0 aromatic carbocycles. The van der Waals surface area contributed by atoms with Crippen molar-refractivity contribution in [3.8, 4) is 0 Å². The van der Waals surface area contributed by atoms with Crippen molar-refractivity contribution < 1.29 is 0 Å². The molecule has 0 amide bonds. The molecule has 0 rings (SSSR count). The van der Waals surface area contributed by atoms with E-state index in [4.69, 9.17) is 0 Å². The molecule has 0 aromatic heterocycles. The molecule has 3 nitrogen and oxygen atoms in total. The molecule has 0 bridgehead atoms. The summed E-state index contributed by atoms with van der Waals surface area (Å²) in [6.45, 7) is 15.0. The fraction of sp³-hybridized carbons (Fsp3) is 1.00. The zero-order valence-electron chi connectivity index (χ0n) is 12.5. The maximum atomic E-state index is 2.64. The van der Waals surface area contributed by atoms with Gasteiger partial charge in [-0.25, -0.2) is 0 Å². The van der Waals surface area contributed by atoms with Crippen molar-refractivity contribution in [2.45, 2.75) is 39.4 Å². The van der Waals surface area contributed by atoms with Gasteiger partial charge < -0.3 is 0 Å². The van der Waals surface area contributed by atoms with E-state index in [2.05, 4.69) is 67.3 Å². The molecule has 0 aliphatic heterocycles. The van der Waals surface area contributed by atoms with E-state index in [-0.39, 0.29) is 0 Å².